The summed E-state index contributed by atoms with van der Waals surface area (Å²) < 4.78 is 5.58. The molecule has 0 saturated carbocycles. The normalized spacial score (nSPS) is 15.1. The van der Waals surface area contributed by atoms with Crippen LogP contribution in [-0.2, 0) is 0 Å². The molecule has 1 aliphatic heterocycles. The van der Waals surface area contributed by atoms with Crippen molar-refractivity contribution in [2.75, 3.05) is 32.8 Å². The highest BCUT2D eigenvalue weighted by atomic mass is 32.1. The second-order valence-corrected chi connectivity index (χ2v) is 5.94. The van der Waals surface area contributed by atoms with Crippen LogP contribution in [0.25, 0.3) is 0 Å². The largest absolute Gasteiger partial charge is 0.494 e. The van der Waals surface area contributed by atoms with Gasteiger partial charge in [-0.2, -0.15) is 0 Å². The van der Waals surface area contributed by atoms with Crippen LogP contribution >= 0.6 is 12.2 Å². The summed E-state index contributed by atoms with van der Waals surface area (Å²) in [5.41, 5.74) is 1.06. The molecule has 0 aromatic heterocycles. The average molecular weight is 306 g/mol. The summed E-state index contributed by atoms with van der Waals surface area (Å²) in [6.45, 7) is 7.53. The Kier molecular flexibility index (Phi) is 6.96. The van der Waals surface area contributed by atoms with E-state index in [4.69, 9.17) is 17.0 Å². The second kappa shape index (κ2) is 9.00. The predicted octanol–water partition coefficient (Wildman–Crippen LogP) is 3.23. The van der Waals surface area contributed by atoms with E-state index in [0.29, 0.717) is 0 Å². The average Bonchev–Trinajstić information content (AvgIpc) is 3.03. The SMILES string of the molecule is CCCOc1ccc(C(=S)NCCCN2CCCC2)cc1. The van der Waals surface area contributed by atoms with Gasteiger partial charge in [-0.05, 0) is 69.6 Å². The van der Waals surface area contributed by atoms with Crippen molar-refractivity contribution in [2.45, 2.75) is 32.6 Å². The van der Waals surface area contributed by atoms with Gasteiger partial charge in [0.1, 0.15) is 10.7 Å². The number of nitrogens with zero attached hydrogens (tertiary/aromatic N) is 1. The Morgan fingerprint density at radius 1 is 1.24 bits per heavy atom. The molecule has 1 heterocycles. The maximum Gasteiger partial charge on any atom is 0.119 e. The zero-order chi connectivity index (χ0) is 14.9. The standard InChI is InChI=1S/C17H26N2OS/c1-2-14-20-16-8-6-15(7-9-16)17(21)18-10-5-13-19-11-3-4-12-19/h6-9H,2-5,10-14H2,1H3,(H,18,21). The summed E-state index contributed by atoms with van der Waals surface area (Å²) in [6, 6.07) is 8.04. The number of ether oxygens (including phenoxy) is 1. The summed E-state index contributed by atoms with van der Waals surface area (Å²) in [4.78, 5) is 3.36. The minimum absolute atomic E-state index is 0.762. The summed E-state index contributed by atoms with van der Waals surface area (Å²) in [5, 5.41) is 3.35. The van der Waals surface area contributed by atoms with Gasteiger partial charge in [0.25, 0.3) is 0 Å². The summed E-state index contributed by atoms with van der Waals surface area (Å²) >= 11 is 5.43. The van der Waals surface area contributed by atoms with E-state index in [9.17, 15) is 0 Å². The van der Waals surface area contributed by atoms with Crippen molar-refractivity contribution in [1.29, 1.82) is 0 Å². The van der Waals surface area contributed by atoms with Crippen molar-refractivity contribution < 1.29 is 4.74 Å². The topological polar surface area (TPSA) is 24.5 Å². The van der Waals surface area contributed by atoms with Crippen LogP contribution in [0.15, 0.2) is 24.3 Å². The number of thiocarbonyl (C=S) groups is 1. The maximum absolute atomic E-state index is 5.58. The van der Waals surface area contributed by atoms with Crippen LogP contribution in [0.2, 0.25) is 0 Å². The summed E-state index contributed by atoms with van der Waals surface area (Å²) in [7, 11) is 0. The third kappa shape index (κ3) is 5.64. The molecular weight excluding hydrogens is 280 g/mol. The van der Waals surface area contributed by atoms with Gasteiger partial charge >= 0.3 is 0 Å². The maximum atomic E-state index is 5.58. The Balaban J connectivity index is 1.67. The lowest BCUT2D eigenvalue weighted by molar-refractivity contribution is 0.317. The quantitative estimate of drug-likeness (QED) is 0.589. The first kappa shape index (κ1) is 16.2. The van der Waals surface area contributed by atoms with E-state index in [0.717, 1.165) is 42.3 Å². The Hall–Kier alpha value is -1.13. The molecule has 1 N–H and O–H groups in total. The third-order valence-electron chi connectivity index (χ3n) is 3.72. The van der Waals surface area contributed by atoms with Crippen LogP contribution < -0.4 is 10.1 Å². The predicted molar refractivity (Wildman–Crippen MR) is 92.2 cm³/mol. The van der Waals surface area contributed by atoms with E-state index in [-0.39, 0.29) is 0 Å². The van der Waals surface area contributed by atoms with Gasteiger partial charge in [0.2, 0.25) is 0 Å². The van der Waals surface area contributed by atoms with Crippen LogP contribution in [0.3, 0.4) is 0 Å². The van der Waals surface area contributed by atoms with Crippen molar-refractivity contribution in [3.63, 3.8) is 0 Å². The molecule has 4 heteroatoms. The van der Waals surface area contributed by atoms with Crippen molar-refractivity contribution in [1.82, 2.24) is 10.2 Å². The fourth-order valence-electron chi connectivity index (χ4n) is 2.54. The molecule has 0 bridgehead atoms. The fourth-order valence-corrected chi connectivity index (χ4v) is 2.77. The molecule has 0 atom stereocenters. The number of likely N-dealkylation sites (tertiary alicyclic amines) is 1. The first-order chi connectivity index (χ1) is 10.3. The molecule has 1 fully saturated rings. The molecule has 3 nitrogen and oxygen atoms in total. The molecule has 21 heavy (non-hydrogen) atoms. The van der Waals surface area contributed by atoms with Crippen LogP contribution in [0.4, 0.5) is 0 Å². The molecule has 0 radical (unpaired) electrons. The van der Waals surface area contributed by atoms with Crippen LogP contribution in [0, 0.1) is 0 Å². The van der Waals surface area contributed by atoms with Crippen molar-refractivity contribution >= 4 is 17.2 Å². The van der Waals surface area contributed by atoms with Gasteiger partial charge in [0, 0.05) is 12.1 Å². The lowest BCUT2D eigenvalue weighted by Crippen LogP contribution is -2.28. The van der Waals surface area contributed by atoms with Gasteiger partial charge in [-0.3, -0.25) is 0 Å². The lowest BCUT2D eigenvalue weighted by atomic mass is 10.2. The highest BCUT2D eigenvalue weighted by Crippen LogP contribution is 2.13. The van der Waals surface area contributed by atoms with E-state index in [2.05, 4.69) is 17.1 Å². The van der Waals surface area contributed by atoms with Crippen molar-refractivity contribution in [3.8, 4) is 5.75 Å². The smallest absolute Gasteiger partial charge is 0.119 e. The van der Waals surface area contributed by atoms with Gasteiger partial charge in [-0.25, -0.2) is 0 Å². The molecule has 0 spiro atoms. The molecule has 2 rings (SSSR count). The van der Waals surface area contributed by atoms with Crippen LogP contribution in [0.5, 0.6) is 5.75 Å². The molecule has 0 aliphatic carbocycles. The number of nitrogens with one attached hydrogen (secondary N) is 1. The Bertz CT molecular complexity index is 427. The lowest BCUT2D eigenvalue weighted by Gasteiger charge is -2.15. The Morgan fingerprint density at radius 3 is 2.62 bits per heavy atom. The van der Waals surface area contributed by atoms with E-state index in [1.807, 2.05) is 24.3 Å². The van der Waals surface area contributed by atoms with Gasteiger partial charge < -0.3 is 15.0 Å². The van der Waals surface area contributed by atoms with Crippen LogP contribution in [0.1, 0.15) is 38.2 Å². The highest BCUT2D eigenvalue weighted by Gasteiger charge is 2.10. The monoisotopic (exact) mass is 306 g/mol. The summed E-state index contributed by atoms with van der Waals surface area (Å²) in [6.07, 6.45) is 4.90. The molecule has 1 aromatic carbocycles. The fraction of sp³-hybridized carbons (Fsp3) is 0.588. The Morgan fingerprint density at radius 2 is 1.95 bits per heavy atom. The molecule has 1 aromatic rings. The molecule has 116 valence electrons. The van der Waals surface area contributed by atoms with Crippen molar-refractivity contribution in [2.24, 2.45) is 0 Å². The number of hydrogen-bond acceptors (Lipinski definition) is 3. The zero-order valence-electron chi connectivity index (χ0n) is 12.9. The molecule has 0 amide bonds. The van der Waals surface area contributed by atoms with Gasteiger partial charge in [0.15, 0.2) is 0 Å². The first-order valence-corrected chi connectivity index (χ1v) is 8.44. The van der Waals surface area contributed by atoms with Crippen LogP contribution in [-0.4, -0.2) is 42.7 Å². The number of hydrogen-bond donors (Lipinski definition) is 1. The highest BCUT2D eigenvalue weighted by molar-refractivity contribution is 7.80. The second-order valence-electron chi connectivity index (χ2n) is 5.53. The van der Waals surface area contributed by atoms with E-state index in [1.54, 1.807) is 0 Å². The number of rotatable bonds is 8. The summed E-state index contributed by atoms with van der Waals surface area (Å²) in [5.74, 6) is 0.914. The van der Waals surface area contributed by atoms with Gasteiger partial charge in [-0.1, -0.05) is 19.1 Å². The van der Waals surface area contributed by atoms with Crippen molar-refractivity contribution in [3.05, 3.63) is 29.8 Å². The minimum Gasteiger partial charge on any atom is -0.494 e. The minimum atomic E-state index is 0.762. The first-order valence-electron chi connectivity index (χ1n) is 8.03. The Labute approximate surface area is 133 Å². The molecular formula is C17H26N2OS. The van der Waals surface area contributed by atoms with E-state index < -0.39 is 0 Å². The van der Waals surface area contributed by atoms with Gasteiger partial charge in [0.05, 0.1) is 6.61 Å². The van der Waals surface area contributed by atoms with Gasteiger partial charge in [-0.15, -0.1) is 0 Å². The van der Waals surface area contributed by atoms with E-state index in [1.165, 1.54) is 32.5 Å². The molecule has 1 saturated heterocycles. The van der Waals surface area contributed by atoms with E-state index >= 15 is 0 Å². The number of benzene rings is 1. The third-order valence-corrected chi connectivity index (χ3v) is 4.10. The molecule has 1 aliphatic rings. The zero-order valence-corrected chi connectivity index (χ0v) is 13.8. The molecule has 0 unspecified atom stereocenters.